The molecule has 0 bridgehead atoms. The molecule has 4 N–H and O–H groups in total. The normalized spacial score (nSPS) is 17.4. The molecular weight excluding hydrogens is 258 g/mol. The topological polar surface area (TPSA) is 91.3 Å². The van der Waals surface area contributed by atoms with Crippen LogP contribution in [0.4, 0.5) is 5.69 Å². The summed E-state index contributed by atoms with van der Waals surface area (Å²) in [6.45, 7) is 2.16. The summed E-state index contributed by atoms with van der Waals surface area (Å²) in [6, 6.07) is 7.63. The summed E-state index contributed by atoms with van der Waals surface area (Å²) in [5.74, 6) is 0.124. The summed E-state index contributed by atoms with van der Waals surface area (Å²) in [6.07, 6.45) is 2.02. The molecule has 1 aromatic rings. The summed E-state index contributed by atoms with van der Waals surface area (Å²) in [5, 5.41) is 20.7. The van der Waals surface area contributed by atoms with Crippen LogP contribution >= 0.6 is 0 Å². The van der Waals surface area contributed by atoms with Gasteiger partial charge in [0.15, 0.2) is 5.84 Å². The minimum absolute atomic E-state index is 0.0620. The Hall–Kier alpha value is -1.79. The molecule has 0 unspecified atom stereocenters. The van der Waals surface area contributed by atoms with Gasteiger partial charge in [-0.2, -0.15) is 0 Å². The number of para-hydroxylation sites is 1. The number of anilines is 1. The van der Waals surface area contributed by atoms with Crippen molar-refractivity contribution in [3.63, 3.8) is 0 Å². The largest absolute Gasteiger partial charge is 0.409 e. The average molecular weight is 279 g/mol. The molecule has 110 valence electrons. The molecule has 0 aliphatic carbocycles. The smallest absolute Gasteiger partial charge is 0.172 e. The number of piperidine rings is 1. The number of ether oxygens (including phenoxy) is 1. The first-order chi connectivity index (χ1) is 9.76. The van der Waals surface area contributed by atoms with Crippen molar-refractivity contribution in [2.75, 3.05) is 31.2 Å². The van der Waals surface area contributed by atoms with Crippen LogP contribution in [0.1, 0.15) is 18.4 Å². The Morgan fingerprint density at radius 3 is 2.70 bits per heavy atom. The number of aliphatic hydroxyl groups excluding tert-OH is 1. The van der Waals surface area contributed by atoms with E-state index in [2.05, 4.69) is 10.1 Å². The highest BCUT2D eigenvalue weighted by Gasteiger charge is 2.22. The van der Waals surface area contributed by atoms with Crippen LogP contribution in [0.25, 0.3) is 0 Å². The molecule has 1 heterocycles. The molecule has 6 nitrogen and oxygen atoms in total. The van der Waals surface area contributed by atoms with E-state index in [9.17, 15) is 0 Å². The molecule has 20 heavy (non-hydrogen) atoms. The second-order valence-electron chi connectivity index (χ2n) is 4.78. The van der Waals surface area contributed by atoms with Crippen molar-refractivity contribution in [1.82, 2.24) is 0 Å². The van der Waals surface area contributed by atoms with E-state index in [0.717, 1.165) is 37.2 Å². The van der Waals surface area contributed by atoms with Crippen LogP contribution in [-0.4, -0.2) is 48.6 Å². The van der Waals surface area contributed by atoms with Crippen LogP contribution in [-0.2, 0) is 4.74 Å². The Labute approximate surface area is 118 Å². The third kappa shape index (κ3) is 3.40. The lowest BCUT2D eigenvalue weighted by molar-refractivity contribution is 0.0159. The summed E-state index contributed by atoms with van der Waals surface area (Å²) >= 11 is 0. The standard InChI is InChI=1S/C14H21N3O3/c15-14(16-19)12-3-1-2-4-13(12)17-7-5-11(6-8-17)20-10-9-18/h1-4,11,18-19H,5-10H2,(H2,15,16). The SMILES string of the molecule is N/C(=N/O)c1ccccc1N1CCC(OCCO)CC1. The minimum Gasteiger partial charge on any atom is -0.409 e. The van der Waals surface area contributed by atoms with Crippen molar-refractivity contribution in [2.24, 2.45) is 10.9 Å². The zero-order valence-corrected chi connectivity index (χ0v) is 11.4. The molecule has 2 rings (SSSR count). The predicted molar refractivity (Wildman–Crippen MR) is 77.2 cm³/mol. The van der Waals surface area contributed by atoms with Crippen molar-refractivity contribution >= 4 is 11.5 Å². The van der Waals surface area contributed by atoms with E-state index in [0.29, 0.717) is 6.61 Å². The minimum atomic E-state index is 0.0620. The van der Waals surface area contributed by atoms with Gasteiger partial charge in [0.1, 0.15) is 0 Å². The van der Waals surface area contributed by atoms with Gasteiger partial charge >= 0.3 is 0 Å². The Balaban J connectivity index is 2.04. The summed E-state index contributed by atoms with van der Waals surface area (Å²) < 4.78 is 5.55. The molecule has 0 radical (unpaired) electrons. The van der Waals surface area contributed by atoms with Gasteiger partial charge in [-0.1, -0.05) is 17.3 Å². The molecule has 0 amide bonds. The van der Waals surface area contributed by atoms with Crippen molar-refractivity contribution in [1.29, 1.82) is 0 Å². The Morgan fingerprint density at radius 1 is 1.35 bits per heavy atom. The Morgan fingerprint density at radius 2 is 2.05 bits per heavy atom. The van der Waals surface area contributed by atoms with Gasteiger partial charge in [-0.15, -0.1) is 0 Å². The summed E-state index contributed by atoms with van der Waals surface area (Å²) in [4.78, 5) is 2.21. The number of nitrogens with two attached hydrogens (primary N) is 1. The second-order valence-corrected chi connectivity index (χ2v) is 4.78. The molecule has 1 aliphatic rings. The van der Waals surface area contributed by atoms with E-state index < -0.39 is 0 Å². The fraction of sp³-hybridized carbons (Fsp3) is 0.500. The van der Waals surface area contributed by atoms with E-state index in [1.807, 2.05) is 24.3 Å². The first-order valence-electron chi connectivity index (χ1n) is 6.80. The third-order valence-corrected chi connectivity index (χ3v) is 3.52. The monoisotopic (exact) mass is 279 g/mol. The number of hydrogen-bond donors (Lipinski definition) is 3. The molecular formula is C14H21N3O3. The zero-order valence-electron chi connectivity index (χ0n) is 11.4. The van der Waals surface area contributed by atoms with E-state index in [4.69, 9.17) is 20.8 Å². The van der Waals surface area contributed by atoms with Gasteiger partial charge in [-0.25, -0.2) is 0 Å². The fourth-order valence-electron chi connectivity index (χ4n) is 2.50. The van der Waals surface area contributed by atoms with Crippen LogP contribution < -0.4 is 10.6 Å². The molecule has 1 aromatic carbocycles. The quantitative estimate of drug-likeness (QED) is 0.320. The molecule has 0 atom stereocenters. The average Bonchev–Trinajstić information content (AvgIpc) is 2.52. The van der Waals surface area contributed by atoms with E-state index in [1.165, 1.54) is 0 Å². The Bertz CT molecular complexity index is 457. The maximum absolute atomic E-state index is 8.85. The van der Waals surface area contributed by atoms with Crippen molar-refractivity contribution in [3.05, 3.63) is 29.8 Å². The molecule has 0 saturated carbocycles. The van der Waals surface area contributed by atoms with Gasteiger partial charge in [0.05, 0.1) is 19.3 Å². The summed E-state index contributed by atoms with van der Waals surface area (Å²) in [5.41, 5.74) is 7.43. The van der Waals surface area contributed by atoms with E-state index >= 15 is 0 Å². The maximum Gasteiger partial charge on any atom is 0.172 e. The molecule has 1 fully saturated rings. The second kappa shape index (κ2) is 7.12. The highest BCUT2D eigenvalue weighted by molar-refractivity contribution is 6.02. The predicted octanol–water partition coefficient (Wildman–Crippen LogP) is 0.759. The van der Waals surface area contributed by atoms with Crippen molar-refractivity contribution in [2.45, 2.75) is 18.9 Å². The Kier molecular flexibility index (Phi) is 5.20. The molecule has 0 aromatic heterocycles. The van der Waals surface area contributed by atoms with Gasteiger partial charge in [0.2, 0.25) is 0 Å². The zero-order chi connectivity index (χ0) is 14.4. The number of hydrogen-bond acceptors (Lipinski definition) is 5. The third-order valence-electron chi connectivity index (χ3n) is 3.52. The molecule has 1 saturated heterocycles. The highest BCUT2D eigenvalue weighted by atomic mass is 16.5. The van der Waals surface area contributed by atoms with Crippen LogP contribution in [0.2, 0.25) is 0 Å². The van der Waals surface area contributed by atoms with Gasteiger partial charge in [-0.05, 0) is 25.0 Å². The highest BCUT2D eigenvalue weighted by Crippen LogP contribution is 2.25. The molecule has 0 spiro atoms. The number of rotatable bonds is 5. The number of oxime groups is 1. The lowest BCUT2D eigenvalue weighted by atomic mass is 10.0. The van der Waals surface area contributed by atoms with E-state index in [1.54, 1.807) is 0 Å². The molecule has 1 aliphatic heterocycles. The van der Waals surface area contributed by atoms with Gasteiger partial charge in [0, 0.05) is 24.3 Å². The lowest BCUT2D eigenvalue weighted by Crippen LogP contribution is -2.38. The van der Waals surface area contributed by atoms with Gasteiger partial charge in [-0.3, -0.25) is 0 Å². The van der Waals surface area contributed by atoms with Crippen LogP contribution in [0, 0.1) is 0 Å². The number of aliphatic hydroxyl groups is 1. The number of amidine groups is 1. The summed E-state index contributed by atoms with van der Waals surface area (Å²) in [7, 11) is 0. The van der Waals surface area contributed by atoms with Crippen LogP contribution in [0.3, 0.4) is 0 Å². The molecule has 6 heteroatoms. The van der Waals surface area contributed by atoms with Crippen LogP contribution in [0.5, 0.6) is 0 Å². The van der Waals surface area contributed by atoms with Crippen LogP contribution in [0.15, 0.2) is 29.4 Å². The van der Waals surface area contributed by atoms with Crippen molar-refractivity contribution in [3.8, 4) is 0 Å². The van der Waals surface area contributed by atoms with Crippen molar-refractivity contribution < 1.29 is 15.1 Å². The fourth-order valence-corrected chi connectivity index (χ4v) is 2.50. The van der Waals surface area contributed by atoms with Gasteiger partial charge in [0.25, 0.3) is 0 Å². The first-order valence-corrected chi connectivity index (χ1v) is 6.80. The first kappa shape index (κ1) is 14.6. The number of benzene rings is 1. The van der Waals surface area contributed by atoms with E-state index in [-0.39, 0.29) is 18.5 Å². The number of nitrogens with zero attached hydrogens (tertiary/aromatic N) is 2. The lowest BCUT2D eigenvalue weighted by Gasteiger charge is -2.34. The van der Waals surface area contributed by atoms with Gasteiger partial charge < -0.3 is 25.7 Å². The maximum atomic E-state index is 8.85.